The zero-order chi connectivity index (χ0) is 15.0. The lowest BCUT2D eigenvalue weighted by molar-refractivity contribution is -0.118. The lowest BCUT2D eigenvalue weighted by atomic mass is 10.1. The summed E-state index contributed by atoms with van der Waals surface area (Å²) in [6, 6.07) is 5.07. The van der Waals surface area contributed by atoms with Gasteiger partial charge in [0.15, 0.2) is 24.5 Å². The Morgan fingerprint density at radius 1 is 1.38 bits per heavy atom. The second kappa shape index (κ2) is 4.86. The van der Waals surface area contributed by atoms with Crippen LogP contribution in [0.2, 0.25) is 0 Å². The highest BCUT2D eigenvalue weighted by atomic mass is 19.1. The maximum absolute atomic E-state index is 14.0. The summed E-state index contributed by atoms with van der Waals surface area (Å²) in [5, 5.41) is 12.1. The van der Waals surface area contributed by atoms with Crippen LogP contribution < -0.4 is 10.1 Å². The van der Waals surface area contributed by atoms with E-state index in [1.165, 1.54) is 6.07 Å². The van der Waals surface area contributed by atoms with Crippen LogP contribution in [0, 0.1) is 5.82 Å². The Kier molecular flexibility index (Phi) is 3.02. The first kappa shape index (κ1) is 13.0. The number of phenols is 1. The number of pyridine rings is 1. The predicted octanol–water partition coefficient (Wildman–Crippen LogP) is 1.74. The molecule has 1 aliphatic rings. The number of nitrogens with zero attached hydrogens (tertiary/aromatic N) is 1. The van der Waals surface area contributed by atoms with Crippen molar-refractivity contribution >= 4 is 18.0 Å². The van der Waals surface area contributed by atoms with E-state index in [2.05, 4.69) is 10.3 Å². The van der Waals surface area contributed by atoms with E-state index in [1.807, 2.05) is 0 Å². The van der Waals surface area contributed by atoms with Crippen LogP contribution in [0.5, 0.6) is 11.5 Å². The van der Waals surface area contributed by atoms with Crippen molar-refractivity contribution in [3.63, 3.8) is 0 Å². The summed E-state index contributed by atoms with van der Waals surface area (Å²) in [5.41, 5.74) is 0.0661. The molecular formula is C14H9FN2O4. The Hall–Kier alpha value is -2.96. The van der Waals surface area contributed by atoms with Gasteiger partial charge < -0.3 is 15.2 Å². The molecule has 21 heavy (non-hydrogen) atoms. The highest BCUT2D eigenvalue weighted by Crippen LogP contribution is 2.32. The van der Waals surface area contributed by atoms with Gasteiger partial charge in [-0.2, -0.15) is 0 Å². The first-order chi connectivity index (χ1) is 10.1. The first-order valence-corrected chi connectivity index (χ1v) is 6.00. The molecule has 0 saturated heterocycles. The standard InChI is InChI=1S/C14H9FN2O4/c15-9-3-7(5-18)11(19)4-8(9)10-1-2-12-14(16-10)17-13(20)6-21-12/h1-5,19H,6H2,(H,16,17,20). The Labute approximate surface area is 118 Å². The molecule has 1 aliphatic heterocycles. The second-order valence-corrected chi connectivity index (χ2v) is 4.39. The van der Waals surface area contributed by atoms with Crippen molar-refractivity contribution in [3.05, 3.63) is 35.6 Å². The molecule has 0 radical (unpaired) electrons. The van der Waals surface area contributed by atoms with Gasteiger partial charge in [0.2, 0.25) is 0 Å². The van der Waals surface area contributed by atoms with Crippen LogP contribution in [0.3, 0.4) is 0 Å². The van der Waals surface area contributed by atoms with Crippen molar-refractivity contribution in [2.24, 2.45) is 0 Å². The molecule has 0 fully saturated rings. The number of ether oxygens (including phenoxy) is 1. The zero-order valence-corrected chi connectivity index (χ0v) is 10.6. The number of fused-ring (bicyclic) bond motifs is 1. The number of halogens is 1. The molecule has 1 aromatic heterocycles. The average molecular weight is 288 g/mol. The maximum Gasteiger partial charge on any atom is 0.263 e. The monoisotopic (exact) mass is 288 g/mol. The fourth-order valence-electron chi connectivity index (χ4n) is 1.98. The van der Waals surface area contributed by atoms with E-state index in [9.17, 15) is 19.1 Å². The number of aromatic nitrogens is 1. The third kappa shape index (κ3) is 2.29. The van der Waals surface area contributed by atoms with Crippen LogP contribution >= 0.6 is 0 Å². The minimum atomic E-state index is -0.703. The van der Waals surface area contributed by atoms with Gasteiger partial charge in [0, 0.05) is 5.56 Å². The van der Waals surface area contributed by atoms with Crippen LogP contribution in [0.25, 0.3) is 11.3 Å². The molecule has 106 valence electrons. The van der Waals surface area contributed by atoms with Gasteiger partial charge in [0.05, 0.1) is 11.3 Å². The van der Waals surface area contributed by atoms with Crippen LogP contribution in [0.15, 0.2) is 24.3 Å². The van der Waals surface area contributed by atoms with Crippen molar-refractivity contribution in [1.82, 2.24) is 4.98 Å². The molecule has 3 rings (SSSR count). The molecule has 0 atom stereocenters. The van der Waals surface area contributed by atoms with Crippen molar-refractivity contribution in [1.29, 1.82) is 0 Å². The molecule has 2 heterocycles. The van der Waals surface area contributed by atoms with Crippen LogP contribution in [-0.4, -0.2) is 28.9 Å². The van der Waals surface area contributed by atoms with E-state index in [1.54, 1.807) is 6.07 Å². The topological polar surface area (TPSA) is 88.5 Å². The van der Waals surface area contributed by atoms with Gasteiger partial charge in [-0.25, -0.2) is 9.37 Å². The molecule has 6 nitrogen and oxygen atoms in total. The fraction of sp³-hybridized carbons (Fsp3) is 0.0714. The summed E-state index contributed by atoms with van der Waals surface area (Å²) in [6.07, 6.45) is 0.358. The number of rotatable bonds is 2. The Morgan fingerprint density at radius 3 is 2.95 bits per heavy atom. The van der Waals surface area contributed by atoms with Crippen LogP contribution in [-0.2, 0) is 4.79 Å². The summed E-state index contributed by atoms with van der Waals surface area (Å²) in [7, 11) is 0. The van der Waals surface area contributed by atoms with Crippen molar-refractivity contribution in [2.75, 3.05) is 11.9 Å². The van der Waals surface area contributed by atoms with E-state index in [0.717, 1.165) is 12.1 Å². The molecule has 0 saturated carbocycles. The Morgan fingerprint density at radius 2 is 2.19 bits per heavy atom. The Balaban J connectivity index is 2.09. The normalized spacial score (nSPS) is 13.1. The highest BCUT2D eigenvalue weighted by molar-refractivity contribution is 5.94. The molecule has 0 spiro atoms. The van der Waals surface area contributed by atoms with E-state index < -0.39 is 5.82 Å². The third-order valence-corrected chi connectivity index (χ3v) is 2.99. The number of benzene rings is 1. The number of nitrogens with one attached hydrogen (secondary N) is 1. The van der Waals surface area contributed by atoms with Gasteiger partial charge >= 0.3 is 0 Å². The smallest absolute Gasteiger partial charge is 0.263 e. The minimum absolute atomic E-state index is 0.0146. The third-order valence-electron chi connectivity index (χ3n) is 2.99. The van der Waals surface area contributed by atoms with Gasteiger partial charge in [-0.3, -0.25) is 9.59 Å². The molecule has 2 aromatic rings. The minimum Gasteiger partial charge on any atom is -0.507 e. The average Bonchev–Trinajstić information content (AvgIpc) is 2.48. The van der Waals surface area contributed by atoms with Gasteiger partial charge in [0.1, 0.15) is 11.6 Å². The van der Waals surface area contributed by atoms with Crippen molar-refractivity contribution < 1.29 is 23.8 Å². The van der Waals surface area contributed by atoms with E-state index in [4.69, 9.17) is 4.74 Å². The highest BCUT2D eigenvalue weighted by Gasteiger charge is 2.19. The van der Waals surface area contributed by atoms with E-state index in [0.29, 0.717) is 12.0 Å². The van der Waals surface area contributed by atoms with Crippen molar-refractivity contribution in [2.45, 2.75) is 0 Å². The number of anilines is 1. The SMILES string of the molecule is O=Cc1cc(F)c(-c2ccc3c(n2)NC(=O)CO3)cc1O. The molecule has 0 unspecified atom stereocenters. The second-order valence-electron chi connectivity index (χ2n) is 4.39. The summed E-state index contributed by atoms with van der Waals surface area (Å²) in [5.74, 6) is -0.840. The summed E-state index contributed by atoms with van der Waals surface area (Å²) < 4.78 is 19.1. The van der Waals surface area contributed by atoms with E-state index in [-0.39, 0.29) is 40.9 Å². The van der Waals surface area contributed by atoms with Crippen LogP contribution in [0.4, 0.5) is 10.2 Å². The molecular weight excluding hydrogens is 279 g/mol. The number of hydrogen-bond acceptors (Lipinski definition) is 5. The molecule has 1 amide bonds. The number of phenolic OH excluding ortho intramolecular Hbond substituents is 1. The zero-order valence-electron chi connectivity index (χ0n) is 10.6. The maximum atomic E-state index is 14.0. The summed E-state index contributed by atoms with van der Waals surface area (Å²) >= 11 is 0. The van der Waals surface area contributed by atoms with Gasteiger partial charge in [-0.15, -0.1) is 0 Å². The summed E-state index contributed by atoms with van der Waals surface area (Å²) in [4.78, 5) is 26.0. The molecule has 1 aromatic carbocycles. The van der Waals surface area contributed by atoms with Crippen LogP contribution in [0.1, 0.15) is 10.4 Å². The van der Waals surface area contributed by atoms with E-state index >= 15 is 0 Å². The largest absolute Gasteiger partial charge is 0.507 e. The molecule has 0 bridgehead atoms. The number of hydrogen-bond donors (Lipinski definition) is 2. The van der Waals surface area contributed by atoms with Gasteiger partial charge in [0.25, 0.3) is 5.91 Å². The molecule has 2 N–H and O–H groups in total. The molecule has 7 heteroatoms. The van der Waals surface area contributed by atoms with Crippen molar-refractivity contribution in [3.8, 4) is 22.8 Å². The van der Waals surface area contributed by atoms with Gasteiger partial charge in [-0.1, -0.05) is 0 Å². The van der Waals surface area contributed by atoms with Gasteiger partial charge in [-0.05, 0) is 24.3 Å². The first-order valence-electron chi connectivity index (χ1n) is 6.00. The fourth-order valence-corrected chi connectivity index (χ4v) is 1.98. The number of amides is 1. The summed E-state index contributed by atoms with van der Waals surface area (Å²) in [6.45, 7) is -0.1000. The number of carbonyl (C=O) groups is 2. The lowest BCUT2D eigenvalue weighted by Crippen LogP contribution is -2.26. The molecule has 0 aliphatic carbocycles. The number of aromatic hydroxyl groups is 1. The number of carbonyl (C=O) groups excluding carboxylic acids is 2. The Bertz CT molecular complexity index is 761. The lowest BCUT2D eigenvalue weighted by Gasteiger charge is -2.17. The quantitative estimate of drug-likeness (QED) is 0.822. The number of aldehydes is 1. The predicted molar refractivity (Wildman–Crippen MR) is 70.8 cm³/mol.